The van der Waals surface area contributed by atoms with Gasteiger partial charge >= 0.3 is 0 Å². The summed E-state index contributed by atoms with van der Waals surface area (Å²) in [4.78, 5) is 14.3. The molecule has 136 valence electrons. The van der Waals surface area contributed by atoms with Crippen LogP contribution in [0.1, 0.15) is 18.4 Å². The average molecular weight is 383 g/mol. The van der Waals surface area contributed by atoms with Gasteiger partial charge in [0, 0.05) is 51.4 Å². The second-order valence-electron chi connectivity index (χ2n) is 6.33. The minimum absolute atomic E-state index is 0.0667. The van der Waals surface area contributed by atoms with Crippen LogP contribution in [0.5, 0.6) is 0 Å². The van der Waals surface area contributed by atoms with E-state index in [0.29, 0.717) is 36.7 Å². The van der Waals surface area contributed by atoms with E-state index in [9.17, 15) is 13.2 Å². The molecule has 3 heterocycles. The second kappa shape index (κ2) is 7.27. The minimum atomic E-state index is -3.42. The lowest BCUT2D eigenvalue weighted by Gasteiger charge is -2.32. The summed E-state index contributed by atoms with van der Waals surface area (Å²) in [5.41, 5.74) is 0.982. The fraction of sp³-hybridized carbons (Fsp3) is 0.500. The molecule has 0 radical (unpaired) electrons. The van der Waals surface area contributed by atoms with Gasteiger partial charge in [-0.15, -0.1) is 11.3 Å². The van der Waals surface area contributed by atoms with Crippen LogP contribution in [-0.4, -0.2) is 53.4 Å². The number of aromatic nitrogens is 2. The maximum absolute atomic E-state index is 12.6. The van der Waals surface area contributed by atoms with E-state index in [1.165, 1.54) is 15.6 Å². The molecule has 0 aliphatic carbocycles. The Balaban J connectivity index is 1.57. The number of rotatable bonds is 5. The highest BCUT2D eigenvalue weighted by atomic mass is 32.2. The third kappa shape index (κ3) is 3.94. The van der Waals surface area contributed by atoms with Crippen molar-refractivity contribution in [2.75, 3.05) is 20.1 Å². The quantitative estimate of drug-likeness (QED) is 0.786. The van der Waals surface area contributed by atoms with Crippen molar-refractivity contribution in [1.82, 2.24) is 19.0 Å². The molecule has 1 aliphatic rings. The molecule has 0 spiro atoms. The molecule has 1 saturated heterocycles. The minimum Gasteiger partial charge on any atom is -0.341 e. The number of carbonyl (C=O) groups is 1. The van der Waals surface area contributed by atoms with Gasteiger partial charge in [0.05, 0.1) is 6.20 Å². The lowest BCUT2D eigenvalue weighted by atomic mass is 9.96. The Morgan fingerprint density at radius 2 is 2.12 bits per heavy atom. The van der Waals surface area contributed by atoms with Crippen molar-refractivity contribution in [3.63, 3.8) is 0 Å². The molecule has 7 nitrogen and oxygen atoms in total. The van der Waals surface area contributed by atoms with Crippen LogP contribution >= 0.6 is 11.3 Å². The Hall–Kier alpha value is -1.71. The molecule has 0 bridgehead atoms. The molecule has 1 aliphatic heterocycles. The van der Waals surface area contributed by atoms with Gasteiger partial charge in [-0.25, -0.2) is 8.42 Å². The van der Waals surface area contributed by atoms with Crippen LogP contribution in [0.25, 0.3) is 0 Å². The maximum Gasteiger partial charge on any atom is 0.252 e. The summed E-state index contributed by atoms with van der Waals surface area (Å²) >= 11 is 1.23. The molecular weight excluding hydrogens is 360 g/mol. The molecule has 0 saturated carbocycles. The number of aryl methyl sites for hydroxylation is 1. The maximum atomic E-state index is 12.6. The molecule has 9 heteroatoms. The zero-order valence-corrected chi connectivity index (χ0v) is 16.0. The Morgan fingerprint density at radius 3 is 2.68 bits per heavy atom. The highest BCUT2D eigenvalue weighted by Crippen LogP contribution is 2.27. The van der Waals surface area contributed by atoms with E-state index < -0.39 is 10.0 Å². The average Bonchev–Trinajstić information content (AvgIpc) is 3.26. The molecule has 0 atom stereocenters. The van der Waals surface area contributed by atoms with Crippen molar-refractivity contribution in [3.05, 3.63) is 35.5 Å². The molecule has 25 heavy (non-hydrogen) atoms. The SMILES string of the molecule is CN(Cc1cnn(C)c1)C(=O)C1CCN(S(=O)(=O)c2cccs2)CC1. The van der Waals surface area contributed by atoms with Crippen molar-refractivity contribution in [2.24, 2.45) is 13.0 Å². The fourth-order valence-corrected chi connectivity index (χ4v) is 5.71. The zero-order valence-electron chi connectivity index (χ0n) is 14.3. The summed E-state index contributed by atoms with van der Waals surface area (Å²) in [6, 6.07) is 3.36. The Morgan fingerprint density at radius 1 is 1.40 bits per heavy atom. The first kappa shape index (κ1) is 18.1. The van der Waals surface area contributed by atoms with E-state index in [2.05, 4.69) is 5.10 Å². The largest absolute Gasteiger partial charge is 0.341 e. The van der Waals surface area contributed by atoms with E-state index >= 15 is 0 Å². The Kier molecular flexibility index (Phi) is 5.26. The number of sulfonamides is 1. The summed E-state index contributed by atoms with van der Waals surface area (Å²) in [7, 11) is 0.206. The molecular formula is C16H22N4O3S2. The number of hydrogen-bond donors (Lipinski definition) is 0. The molecule has 3 rings (SSSR count). The van der Waals surface area contributed by atoms with Gasteiger partial charge in [0.25, 0.3) is 10.0 Å². The number of hydrogen-bond acceptors (Lipinski definition) is 5. The first-order valence-corrected chi connectivity index (χ1v) is 10.5. The van der Waals surface area contributed by atoms with E-state index in [1.54, 1.807) is 40.3 Å². The molecule has 1 fully saturated rings. The van der Waals surface area contributed by atoms with Crippen LogP contribution in [0.15, 0.2) is 34.1 Å². The third-order valence-corrected chi connectivity index (χ3v) is 7.72. The van der Waals surface area contributed by atoms with Gasteiger partial charge in [0.15, 0.2) is 0 Å². The fourth-order valence-electron chi connectivity index (χ4n) is 3.10. The van der Waals surface area contributed by atoms with Crippen molar-refractivity contribution in [2.45, 2.75) is 23.6 Å². The smallest absolute Gasteiger partial charge is 0.252 e. The van der Waals surface area contributed by atoms with Crippen molar-refractivity contribution in [1.29, 1.82) is 0 Å². The predicted molar refractivity (Wildman–Crippen MR) is 95.5 cm³/mol. The van der Waals surface area contributed by atoms with Gasteiger partial charge in [0.1, 0.15) is 4.21 Å². The van der Waals surface area contributed by atoms with Crippen LogP contribution in [0.3, 0.4) is 0 Å². The number of thiophene rings is 1. The third-order valence-electron chi connectivity index (χ3n) is 4.45. The van der Waals surface area contributed by atoms with Crippen molar-refractivity contribution < 1.29 is 13.2 Å². The van der Waals surface area contributed by atoms with Gasteiger partial charge in [-0.3, -0.25) is 9.48 Å². The first-order chi connectivity index (χ1) is 11.9. The van der Waals surface area contributed by atoms with Crippen LogP contribution in [-0.2, 0) is 28.4 Å². The Bertz CT molecular complexity index is 821. The number of piperidine rings is 1. The molecule has 1 amide bonds. The topological polar surface area (TPSA) is 75.5 Å². The molecule has 0 aromatic carbocycles. The van der Waals surface area contributed by atoms with Crippen molar-refractivity contribution >= 4 is 27.3 Å². The van der Waals surface area contributed by atoms with Crippen LogP contribution in [0.4, 0.5) is 0 Å². The monoisotopic (exact) mass is 382 g/mol. The summed E-state index contributed by atoms with van der Waals surface area (Å²) in [5.74, 6) is -0.0616. The second-order valence-corrected chi connectivity index (χ2v) is 9.44. The summed E-state index contributed by atoms with van der Waals surface area (Å²) in [6.07, 6.45) is 4.75. The highest BCUT2D eigenvalue weighted by Gasteiger charge is 2.33. The standard InChI is InChI=1S/C16H22N4O3S2/c1-18(11-13-10-17-19(2)12-13)16(21)14-5-7-20(8-6-14)25(22,23)15-4-3-9-24-15/h3-4,9-10,12,14H,5-8,11H2,1-2H3. The summed E-state index contributed by atoms with van der Waals surface area (Å²) in [5, 5.41) is 5.87. The van der Waals surface area contributed by atoms with Gasteiger partial charge < -0.3 is 4.90 Å². The highest BCUT2D eigenvalue weighted by molar-refractivity contribution is 7.91. The number of carbonyl (C=O) groups excluding carboxylic acids is 1. The van der Waals surface area contributed by atoms with Gasteiger partial charge in [-0.2, -0.15) is 9.40 Å². The number of nitrogens with zero attached hydrogens (tertiary/aromatic N) is 4. The van der Waals surface area contributed by atoms with Gasteiger partial charge in [0.2, 0.25) is 5.91 Å². The lowest BCUT2D eigenvalue weighted by molar-refractivity contribution is -0.135. The number of amides is 1. The predicted octanol–water partition coefficient (Wildman–Crippen LogP) is 1.54. The zero-order chi connectivity index (χ0) is 18.0. The van der Waals surface area contributed by atoms with E-state index in [1.807, 2.05) is 13.2 Å². The molecule has 2 aromatic heterocycles. The van der Waals surface area contributed by atoms with E-state index in [-0.39, 0.29) is 11.8 Å². The van der Waals surface area contributed by atoms with Crippen LogP contribution in [0.2, 0.25) is 0 Å². The Labute approximate surface area is 151 Å². The van der Waals surface area contributed by atoms with Crippen molar-refractivity contribution in [3.8, 4) is 0 Å². The summed E-state index contributed by atoms with van der Waals surface area (Å²) in [6.45, 7) is 1.29. The molecule has 0 unspecified atom stereocenters. The first-order valence-electron chi connectivity index (χ1n) is 8.14. The van der Waals surface area contributed by atoms with Gasteiger partial charge in [-0.1, -0.05) is 6.07 Å². The van der Waals surface area contributed by atoms with Crippen LogP contribution < -0.4 is 0 Å². The van der Waals surface area contributed by atoms with Crippen LogP contribution in [0, 0.1) is 5.92 Å². The van der Waals surface area contributed by atoms with Gasteiger partial charge in [-0.05, 0) is 24.3 Å². The summed E-state index contributed by atoms with van der Waals surface area (Å²) < 4.78 is 28.6. The normalized spacial score (nSPS) is 16.9. The van der Waals surface area contributed by atoms with E-state index in [4.69, 9.17) is 0 Å². The lowest BCUT2D eigenvalue weighted by Crippen LogP contribution is -2.43. The molecule has 0 N–H and O–H groups in total. The molecule has 2 aromatic rings. The van der Waals surface area contributed by atoms with E-state index in [0.717, 1.165) is 5.56 Å².